The summed E-state index contributed by atoms with van der Waals surface area (Å²) in [5.41, 5.74) is -0.255. The second-order valence-corrected chi connectivity index (χ2v) is 11.8. The van der Waals surface area contributed by atoms with Gasteiger partial charge in [0.15, 0.2) is 0 Å². The van der Waals surface area contributed by atoms with Crippen LogP contribution in [0.5, 0.6) is 0 Å². The van der Waals surface area contributed by atoms with Crippen molar-refractivity contribution < 1.29 is 0 Å². The highest BCUT2D eigenvalue weighted by molar-refractivity contribution is 5.75. The van der Waals surface area contributed by atoms with Crippen molar-refractivity contribution in [2.75, 3.05) is 0 Å². The van der Waals surface area contributed by atoms with Crippen molar-refractivity contribution in [1.29, 1.82) is 0 Å². The van der Waals surface area contributed by atoms with Crippen LogP contribution >= 0.6 is 0 Å². The van der Waals surface area contributed by atoms with E-state index in [0.717, 1.165) is 41.1 Å². The molecule has 4 atom stereocenters. The van der Waals surface area contributed by atoms with Gasteiger partial charge in [-0.1, -0.05) is 37.8 Å². The molecule has 1 N–H and O–H groups in total. The molecule has 2 aliphatic heterocycles. The fraction of sp³-hybridized carbons (Fsp3) is 0.607. The Morgan fingerprint density at radius 2 is 1.49 bits per heavy atom. The summed E-state index contributed by atoms with van der Waals surface area (Å²) in [6.07, 6.45) is 14.8. The number of benzene rings is 1. The van der Waals surface area contributed by atoms with E-state index in [4.69, 9.17) is 0 Å². The van der Waals surface area contributed by atoms with Crippen LogP contribution in [0.25, 0.3) is 16.9 Å². The van der Waals surface area contributed by atoms with Crippen molar-refractivity contribution in [3.63, 3.8) is 0 Å². The predicted molar refractivity (Wildman–Crippen MR) is 140 cm³/mol. The lowest BCUT2D eigenvalue weighted by Crippen LogP contribution is -2.58. The second-order valence-electron chi connectivity index (χ2n) is 11.8. The van der Waals surface area contributed by atoms with E-state index in [2.05, 4.69) is 20.0 Å². The van der Waals surface area contributed by atoms with E-state index < -0.39 is 11.2 Å². The van der Waals surface area contributed by atoms with Crippen molar-refractivity contribution in [3.05, 3.63) is 61.7 Å². The summed E-state index contributed by atoms with van der Waals surface area (Å²) in [4.78, 5) is 47.7. The van der Waals surface area contributed by atoms with Gasteiger partial charge in [0.2, 0.25) is 5.82 Å². The summed E-state index contributed by atoms with van der Waals surface area (Å²) in [6.45, 7) is 0. The smallest absolute Gasteiger partial charge is 0.300 e. The van der Waals surface area contributed by atoms with Gasteiger partial charge in [-0.05, 0) is 68.9 Å². The normalized spacial score (nSPS) is 31.9. The summed E-state index contributed by atoms with van der Waals surface area (Å²) in [5, 5.41) is 3.94. The Morgan fingerprint density at radius 1 is 0.784 bits per heavy atom. The molecule has 4 aliphatic rings. The van der Waals surface area contributed by atoms with Gasteiger partial charge in [-0.2, -0.15) is 9.78 Å². The molecule has 4 heterocycles. The Bertz CT molecular complexity index is 1480. The van der Waals surface area contributed by atoms with Gasteiger partial charge < -0.3 is 4.57 Å². The zero-order chi connectivity index (χ0) is 25.1. The molecule has 9 nitrogen and oxygen atoms in total. The fourth-order valence-electron chi connectivity index (χ4n) is 8.28. The second kappa shape index (κ2) is 9.04. The number of para-hydroxylation sites is 2. The number of H-pyrrole nitrogens is 1. The van der Waals surface area contributed by atoms with Gasteiger partial charge in [0.25, 0.3) is 11.1 Å². The van der Waals surface area contributed by atoms with Gasteiger partial charge in [0.05, 0.1) is 11.0 Å². The third-order valence-electron chi connectivity index (χ3n) is 9.59. The lowest BCUT2D eigenvalue weighted by atomic mass is 9.68. The highest BCUT2D eigenvalue weighted by atomic mass is 16.2. The first-order valence-corrected chi connectivity index (χ1v) is 14.0. The number of rotatable bonds is 3. The molecule has 194 valence electrons. The average molecular weight is 503 g/mol. The minimum Gasteiger partial charge on any atom is -0.300 e. The first kappa shape index (κ1) is 23.1. The summed E-state index contributed by atoms with van der Waals surface area (Å²) in [5.74, 6) is 1.73. The Kier molecular flexibility index (Phi) is 5.64. The van der Waals surface area contributed by atoms with E-state index in [0.29, 0.717) is 23.6 Å². The van der Waals surface area contributed by atoms with Crippen LogP contribution in [-0.4, -0.2) is 47.3 Å². The molecule has 0 radical (unpaired) electrons. The molecule has 37 heavy (non-hydrogen) atoms. The first-order chi connectivity index (χ1) is 18.0. The van der Waals surface area contributed by atoms with Crippen LogP contribution in [0.3, 0.4) is 0 Å². The molecular weight excluding hydrogens is 468 g/mol. The lowest BCUT2D eigenvalue weighted by molar-refractivity contribution is -0.0485. The van der Waals surface area contributed by atoms with Crippen LogP contribution in [-0.2, 0) is 0 Å². The molecule has 4 bridgehead atoms. The van der Waals surface area contributed by atoms with Crippen molar-refractivity contribution in [3.8, 4) is 5.82 Å². The number of hydrogen-bond acceptors (Lipinski definition) is 6. The topological polar surface area (TPSA) is 106 Å². The minimum atomic E-state index is -0.756. The van der Waals surface area contributed by atoms with Crippen LogP contribution in [0.2, 0.25) is 0 Å². The Labute approximate surface area is 214 Å². The molecule has 0 amide bonds. The number of aromatic nitrogens is 5. The molecule has 1 aromatic carbocycles. The maximum atomic E-state index is 14.0. The molecule has 4 unspecified atom stereocenters. The molecular formula is C28H34N6O3. The number of piperidine rings is 2. The quantitative estimate of drug-likeness (QED) is 0.590. The van der Waals surface area contributed by atoms with Gasteiger partial charge in [-0.25, -0.2) is 9.78 Å². The number of fused-ring (bicyclic) bond motifs is 5. The van der Waals surface area contributed by atoms with E-state index >= 15 is 0 Å². The number of nitrogens with zero attached hydrogens (tertiary/aromatic N) is 5. The summed E-state index contributed by atoms with van der Waals surface area (Å²) < 4.78 is 2.79. The number of aromatic amines is 1. The number of nitrogens with one attached hydrogen (secondary N) is 1. The minimum absolute atomic E-state index is 0.0345. The van der Waals surface area contributed by atoms with Gasteiger partial charge in [0, 0.05) is 24.2 Å². The van der Waals surface area contributed by atoms with Crippen LogP contribution < -0.4 is 16.8 Å². The predicted octanol–water partition coefficient (Wildman–Crippen LogP) is 3.16. The van der Waals surface area contributed by atoms with Gasteiger partial charge >= 0.3 is 5.69 Å². The Morgan fingerprint density at radius 3 is 2.22 bits per heavy atom. The van der Waals surface area contributed by atoms with E-state index in [-0.39, 0.29) is 17.4 Å². The molecule has 2 saturated heterocycles. The maximum absolute atomic E-state index is 14.0. The first-order valence-electron chi connectivity index (χ1n) is 14.0. The third kappa shape index (κ3) is 3.98. The molecule has 2 aliphatic carbocycles. The van der Waals surface area contributed by atoms with Crippen molar-refractivity contribution >= 4 is 11.0 Å². The molecule has 9 heteroatoms. The Balaban J connectivity index is 1.28. The average Bonchev–Trinajstić information content (AvgIpc) is 2.88. The van der Waals surface area contributed by atoms with Crippen molar-refractivity contribution in [2.45, 2.75) is 94.8 Å². The van der Waals surface area contributed by atoms with E-state index in [1.807, 2.05) is 28.8 Å². The van der Waals surface area contributed by atoms with E-state index in [1.165, 1.54) is 57.8 Å². The molecule has 2 aromatic heterocycles. The van der Waals surface area contributed by atoms with Crippen molar-refractivity contribution in [1.82, 2.24) is 29.2 Å². The van der Waals surface area contributed by atoms with Gasteiger partial charge in [0.1, 0.15) is 6.20 Å². The van der Waals surface area contributed by atoms with Crippen LogP contribution in [0.4, 0.5) is 0 Å². The van der Waals surface area contributed by atoms with Crippen LogP contribution in [0.15, 0.2) is 44.8 Å². The monoisotopic (exact) mass is 502 g/mol. The van der Waals surface area contributed by atoms with Gasteiger partial charge in [-0.15, -0.1) is 0 Å². The zero-order valence-electron chi connectivity index (χ0n) is 21.1. The molecule has 3 aromatic rings. The largest absolute Gasteiger partial charge is 0.351 e. The zero-order valence-corrected chi connectivity index (χ0v) is 21.1. The van der Waals surface area contributed by atoms with E-state index in [1.54, 1.807) is 0 Å². The Hall–Kier alpha value is -3.07. The highest BCUT2D eigenvalue weighted by Crippen LogP contribution is 2.47. The highest BCUT2D eigenvalue weighted by Gasteiger charge is 2.45. The molecule has 2 saturated carbocycles. The maximum Gasteiger partial charge on any atom is 0.351 e. The third-order valence-corrected chi connectivity index (χ3v) is 9.59. The summed E-state index contributed by atoms with van der Waals surface area (Å²) in [6, 6.07) is 9.31. The molecule has 0 spiro atoms. The van der Waals surface area contributed by atoms with Crippen molar-refractivity contribution in [2.24, 2.45) is 11.8 Å². The lowest BCUT2D eigenvalue weighted by Gasteiger charge is -2.55. The fourth-order valence-corrected chi connectivity index (χ4v) is 8.28. The number of hydrogen-bond donors (Lipinski definition) is 1. The van der Waals surface area contributed by atoms with Crippen LogP contribution in [0.1, 0.15) is 76.7 Å². The standard InChI is InChI=1S/C28H34N6O3/c35-25-16-29-34(28(37)31-25)26-27(36)33(24-10-2-1-9-23(24)30-26)22-14-19-7-4-8-20(15-22)32(19)21-12-17-5-3-6-18(11-17)13-21/h1-2,9-10,16-22H,3-8,11-15H2,(H,31,35,37). The summed E-state index contributed by atoms with van der Waals surface area (Å²) >= 11 is 0. The van der Waals surface area contributed by atoms with E-state index in [9.17, 15) is 14.4 Å². The molecule has 7 rings (SSSR count). The summed E-state index contributed by atoms with van der Waals surface area (Å²) in [7, 11) is 0. The van der Waals surface area contributed by atoms with Crippen LogP contribution in [0, 0.1) is 11.8 Å². The molecule has 4 fully saturated rings. The van der Waals surface area contributed by atoms with Gasteiger partial charge in [-0.3, -0.25) is 19.5 Å². The SMILES string of the molecule is O=c1cnn(-c2nc3ccccc3n(C3CC4CCCC(C3)N4C3CC4CCCC(C4)C3)c2=O)c(=O)[nH]1.